The molecular formula is C15H21ClN4O. The summed E-state index contributed by atoms with van der Waals surface area (Å²) in [6.45, 7) is 4.82. The van der Waals surface area contributed by atoms with Gasteiger partial charge in [-0.05, 0) is 31.0 Å². The van der Waals surface area contributed by atoms with Gasteiger partial charge in [0.05, 0.1) is 6.20 Å². The highest BCUT2D eigenvalue weighted by Crippen LogP contribution is 2.15. The molecule has 0 bridgehead atoms. The molecule has 2 rings (SSSR count). The number of carbonyl (C=O) groups excluding carboxylic acids is 1. The SMILES string of the molecule is CCCCn1nccc1NC(=O)c1cc(N)ccc1C.Cl. The molecule has 3 N–H and O–H groups in total. The average Bonchev–Trinajstić information content (AvgIpc) is 2.86. The number of aryl methyl sites for hydroxylation is 2. The highest BCUT2D eigenvalue weighted by atomic mass is 35.5. The predicted octanol–water partition coefficient (Wildman–Crippen LogP) is 3.25. The van der Waals surface area contributed by atoms with Crippen LogP contribution in [0.5, 0.6) is 0 Å². The molecule has 114 valence electrons. The highest BCUT2D eigenvalue weighted by molar-refractivity contribution is 6.05. The van der Waals surface area contributed by atoms with Crippen molar-refractivity contribution in [2.45, 2.75) is 33.2 Å². The van der Waals surface area contributed by atoms with Crippen LogP contribution in [0.3, 0.4) is 0 Å². The Balaban J connectivity index is 0.00000220. The summed E-state index contributed by atoms with van der Waals surface area (Å²) in [4.78, 5) is 12.3. The molecule has 21 heavy (non-hydrogen) atoms. The number of nitrogen functional groups attached to an aromatic ring is 1. The van der Waals surface area contributed by atoms with Crippen molar-refractivity contribution in [2.75, 3.05) is 11.1 Å². The minimum Gasteiger partial charge on any atom is -0.399 e. The van der Waals surface area contributed by atoms with Gasteiger partial charge in [-0.2, -0.15) is 5.10 Å². The van der Waals surface area contributed by atoms with Gasteiger partial charge >= 0.3 is 0 Å². The van der Waals surface area contributed by atoms with Gasteiger partial charge in [0.1, 0.15) is 5.82 Å². The molecule has 1 amide bonds. The number of nitrogens with one attached hydrogen (secondary N) is 1. The molecule has 1 aromatic heterocycles. The smallest absolute Gasteiger partial charge is 0.257 e. The van der Waals surface area contributed by atoms with Crippen LogP contribution in [-0.2, 0) is 6.54 Å². The van der Waals surface area contributed by atoms with E-state index in [1.54, 1.807) is 24.4 Å². The Morgan fingerprint density at radius 3 is 2.86 bits per heavy atom. The molecule has 0 saturated carbocycles. The normalized spacial score (nSPS) is 10.0. The van der Waals surface area contributed by atoms with Crippen LogP contribution in [0.4, 0.5) is 11.5 Å². The van der Waals surface area contributed by atoms with E-state index in [0.717, 1.165) is 24.9 Å². The maximum Gasteiger partial charge on any atom is 0.257 e. The van der Waals surface area contributed by atoms with Gasteiger partial charge in [-0.1, -0.05) is 19.4 Å². The van der Waals surface area contributed by atoms with E-state index < -0.39 is 0 Å². The van der Waals surface area contributed by atoms with Gasteiger partial charge in [0.2, 0.25) is 0 Å². The number of anilines is 2. The van der Waals surface area contributed by atoms with Crippen molar-refractivity contribution in [3.63, 3.8) is 0 Å². The zero-order valence-electron chi connectivity index (χ0n) is 12.3. The number of carbonyl (C=O) groups is 1. The zero-order valence-corrected chi connectivity index (χ0v) is 13.1. The summed E-state index contributed by atoms with van der Waals surface area (Å²) in [5.74, 6) is 0.554. The van der Waals surface area contributed by atoms with Crippen molar-refractivity contribution >= 4 is 29.8 Å². The Kier molecular flexibility index (Phi) is 6.24. The maximum absolute atomic E-state index is 12.3. The number of aromatic nitrogens is 2. The molecule has 1 heterocycles. The number of hydrogen-bond donors (Lipinski definition) is 2. The molecule has 0 fully saturated rings. The van der Waals surface area contributed by atoms with E-state index >= 15 is 0 Å². The molecular weight excluding hydrogens is 288 g/mol. The van der Waals surface area contributed by atoms with Crippen LogP contribution < -0.4 is 11.1 Å². The van der Waals surface area contributed by atoms with E-state index in [1.165, 1.54) is 0 Å². The molecule has 0 aliphatic heterocycles. The first kappa shape index (κ1) is 17.0. The number of hydrogen-bond acceptors (Lipinski definition) is 3. The molecule has 0 spiro atoms. The third kappa shape index (κ3) is 4.23. The second-order valence-electron chi connectivity index (χ2n) is 4.82. The Bertz CT molecular complexity index is 609. The fourth-order valence-corrected chi connectivity index (χ4v) is 1.99. The van der Waals surface area contributed by atoms with Crippen LogP contribution >= 0.6 is 12.4 Å². The van der Waals surface area contributed by atoms with Gasteiger partial charge in [-0.15, -0.1) is 12.4 Å². The summed E-state index contributed by atoms with van der Waals surface area (Å²) in [5, 5.41) is 7.11. The van der Waals surface area contributed by atoms with Gasteiger partial charge in [0.15, 0.2) is 0 Å². The van der Waals surface area contributed by atoms with Gasteiger partial charge < -0.3 is 11.1 Å². The highest BCUT2D eigenvalue weighted by Gasteiger charge is 2.12. The third-order valence-corrected chi connectivity index (χ3v) is 3.19. The van der Waals surface area contributed by atoms with Crippen molar-refractivity contribution in [2.24, 2.45) is 0 Å². The topological polar surface area (TPSA) is 72.9 Å². The van der Waals surface area contributed by atoms with Crippen LogP contribution in [0.1, 0.15) is 35.7 Å². The summed E-state index contributed by atoms with van der Waals surface area (Å²) < 4.78 is 1.81. The van der Waals surface area contributed by atoms with E-state index in [9.17, 15) is 4.79 Å². The number of nitrogens with two attached hydrogens (primary N) is 1. The van der Waals surface area contributed by atoms with E-state index in [-0.39, 0.29) is 18.3 Å². The molecule has 6 heteroatoms. The lowest BCUT2D eigenvalue weighted by atomic mass is 10.1. The summed E-state index contributed by atoms with van der Waals surface area (Å²) in [7, 11) is 0. The second kappa shape index (κ2) is 7.69. The van der Waals surface area contributed by atoms with Crippen LogP contribution in [0, 0.1) is 6.92 Å². The monoisotopic (exact) mass is 308 g/mol. The summed E-state index contributed by atoms with van der Waals surface area (Å²) in [6.07, 6.45) is 3.81. The largest absolute Gasteiger partial charge is 0.399 e. The molecule has 0 atom stereocenters. The zero-order chi connectivity index (χ0) is 14.5. The fraction of sp³-hybridized carbons (Fsp3) is 0.333. The Labute approximate surface area is 130 Å². The minimum absolute atomic E-state index is 0. The summed E-state index contributed by atoms with van der Waals surface area (Å²) >= 11 is 0. The fourth-order valence-electron chi connectivity index (χ4n) is 1.99. The van der Waals surface area contributed by atoms with Crippen molar-refractivity contribution < 1.29 is 4.79 Å². The molecule has 0 aliphatic rings. The summed E-state index contributed by atoms with van der Waals surface area (Å²) in [5.41, 5.74) is 7.81. The first-order valence-corrected chi connectivity index (χ1v) is 6.81. The second-order valence-corrected chi connectivity index (χ2v) is 4.82. The number of amides is 1. The summed E-state index contributed by atoms with van der Waals surface area (Å²) in [6, 6.07) is 7.13. The standard InChI is InChI=1S/C15H20N4O.ClH/c1-3-4-9-19-14(7-8-17-19)18-15(20)13-10-12(16)6-5-11(13)2;/h5-8,10H,3-4,9,16H2,1-2H3,(H,18,20);1H. The number of benzene rings is 1. The van der Waals surface area contributed by atoms with Crippen LogP contribution in [0.25, 0.3) is 0 Å². The van der Waals surface area contributed by atoms with Crippen molar-refractivity contribution in [1.82, 2.24) is 9.78 Å². The average molecular weight is 309 g/mol. The van der Waals surface area contributed by atoms with E-state index in [4.69, 9.17) is 5.73 Å². The van der Waals surface area contributed by atoms with Crippen LogP contribution in [0.15, 0.2) is 30.5 Å². The van der Waals surface area contributed by atoms with Crippen molar-refractivity contribution in [1.29, 1.82) is 0 Å². The molecule has 5 nitrogen and oxygen atoms in total. The van der Waals surface area contributed by atoms with E-state index in [1.807, 2.05) is 17.7 Å². The number of nitrogens with zero attached hydrogens (tertiary/aromatic N) is 2. The Hall–Kier alpha value is -2.01. The number of rotatable bonds is 5. The van der Waals surface area contributed by atoms with E-state index in [0.29, 0.717) is 17.1 Å². The maximum atomic E-state index is 12.3. The first-order chi connectivity index (χ1) is 9.61. The molecule has 0 aliphatic carbocycles. The molecule has 0 unspecified atom stereocenters. The first-order valence-electron chi connectivity index (χ1n) is 6.81. The van der Waals surface area contributed by atoms with Crippen molar-refractivity contribution in [3.05, 3.63) is 41.6 Å². The van der Waals surface area contributed by atoms with Crippen molar-refractivity contribution in [3.8, 4) is 0 Å². The minimum atomic E-state index is -0.159. The lowest BCUT2D eigenvalue weighted by molar-refractivity contribution is 0.102. The van der Waals surface area contributed by atoms with Crippen LogP contribution in [0.2, 0.25) is 0 Å². The molecule has 1 aromatic carbocycles. The predicted molar refractivity (Wildman–Crippen MR) is 87.9 cm³/mol. The van der Waals surface area contributed by atoms with Gasteiger partial charge in [0, 0.05) is 23.9 Å². The third-order valence-electron chi connectivity index (χ3n) is 3.19. The quantitative estimate of drug-likeness (QED) is 0.833. The number of unbranched alkanes of at least 4 members (excludes halogenated alkanes) is 1. The van der Waals surface area contributed by atoms with Crippen LogP contribution in [-0.4, -0.2) is 15.7 Å². The Morgan fingerprint density at radius 1 is 1.38 bits per heavy atom. The molecule has 0 radical (unpaired) electrons. The Morgan fingerprint density at radius 2 is 2.14 bits per heavy atom. The lowest BCUT2D eigenvalue weighted by Gasteiger charge is -2.10. The van der Waals surface area contributed by atoms with E-state index in [2.05, 4.69) is 17.3 Å². The number of halogens is 1. The molecule has 2 aromatic rings. The van der Waals surface area contributed by atoms with Gasteiger partial charge in [0.25, 0.3) is 5.91 Å². The molecule has 0 saturated heterocycles. The van der Waals surface area contributed by atoms with Gasteiger partial charge in [-0.25, -0.2) is 4.68 Å². The van der Waals surface area contributed by atoms with Gasteiger partial charge in [-0.3, -0.25) is 4.79 Å². The lowest BCUT2D eigenvalue weighted by Crippen LogP contribution is -2.17.